The van der Waals surface area contributed by atoms with Crippen LogP contribution >= 0.6 is 0 Å². The van der Waals surface area contributed by atoms with Gasteiger partial charge in [0.1, 0.15) is 5.75 Å². The number of benzene rings is 1. The van der Waals surface area contributed by atoms with E-state index in [-0.39, 0.29) is 0 Å². The summed E-state index contributed by atoms with van der Waals surface area (Å²) in [5.74, 6) is 0.981. The molecule has 2 rings (SSSR count). The number of para-hydroxylation sites is 1. The topological polar surface area (TPSA) is 47.3 Å². The molecule has 0 heterocycles. The molecule has 88 valence electrons. The molecule has 16 heavy (non-hydrogen) atoms. The van der Waals surface area contributed by atoms with Crippen molar-refractivity contribution in [3.05, 3.63) is 29.8 Å². The van der Waals surface area contributed by atoms with Crippen molar-refractivity contribution in [2.75, 3.05) is 13.7 Å². The summed E-state index contributed by atoms with van der Waals surface area (Å²) in [6.07, 6.45) is 3.24. The second-order valence-corrected chi connectivity index (χ2v) is 4.44. The summed E-state index contributed by atoms with van der Waals surface area (Å²) in [6, 6.07) is 9.23. The highest BCUT2D eigenvalue weighted by atomic mass is 16.5. The molecule has 0 radical (unpaired) electrons. The van der Waals surface area contributed by atoms with Crippen LogP contribution in [-0.2, 0) is 6.42 Å². The van der Waals surface area contributed by atoms with Crippen molar-refractivity contribution < 1.29 is 4.74 Å². The molecule has 0 bridgehead atoms. The fourth-order valence-electron chi connectivity index (χ4n) is 2.15. The maximum Gasteiger partial charge on any atom is 0.122 e. The smallest absolute Gasteiger partial charge is 0.122 e. The molecule has 0 aromatic heterocycles. The maximum atomic E-state index is 5.74. The Labute approximate surface area is 97.0 Å². The second-order valence-electron chi connectivity index (χ2n) is 4.44. The molecular formula is C13H20N2O. The van der Waals surface area contributed by atoms with Gasteiger partial charge in [0.15, 0.2) is 0 Å². The molecule has 0 unspecified atom stereocenters. The van der Waals surface area contributed by atoms with Crippen LogP contribution in [0.5, 0.6) is 5.75 Å². The summed E-state index contributed by atoms with van der Waals surface area (Å²) in [5.41, 5.74) is 7.00. The second kappa shape index (κ2) is 5.32. The number of rotatable bonds is 5. The van der Waals surface area contributed by atoms with E-state index in [1.165, 1.54) is 5.56 Å². The highest BCUT2D eigenvalue weighted by molar-refractivity contribution is 5.33. The first-order chi connectivity index (χ1) is 7.79. The van der Waals surface area contributed by atoms with Crippen LogP contribution in [-0.4, -0.2) is 25.7 Å². The molecule has 0 aliphatic heterocycles. The Balaban J connectivity index is 1.76. The monoisotopic (exact) mass is 220 g/mol. The molecule has 1 saturated carbocycles. The fourth-order valence-corrected chi connectivity index (χ4v) is 2.15. The Morgan fingerprint density at radius 3 is 2.81 bits per heavy atom. The summed E-state index contributed by atoms with van der Waals surface area (Å²) < 4.78 is 5.31. The highest BCUT2D eigenvalue weighted by Crippen LogP contribution is 2.19. The first-order valence-corrected chi connectivity index (χ1v) is 5.90. The van der Waals surface area contributed by atoms with Crippen molar-refractivity contribution in [2.24, 2.45) is 5.73 Å². The largest absolute Gasteiger partial charge is 0.496 e. The van der Waals surface area contributed by atoms with Crippen LogP contribution < -0.4 is 15.8 Å². The molecule has 0 saturated heterocycles. The van der Waals surface area contributed by atoms with Gasteiger partial charge in [0.2, 0.25) is 0 Å². The van der Waals surface area contributed by atoms with Crippen molar-refractivity contribution in [3.8, 4) is 5.75 Å². The lowest BCUT2D eigenvalue weighted by molar-refractivity contribution is 0.293. The number of hydrogen-bond donors (Lipinski definition) is 2. The van der Waals surface area contributed by atoms with Gasteiger partial charge in [0, 0.05) is 12.1 Å². The minimum atomic E-state index is 0.420. The van der Waals surface area contributed by atoms with Crippen molar-refractivity contribution in [1.29, 1.82) is 0 Å². The predicted octanol–water partition coefficient (Wildman–Crippen LogP) is 1.32. The standard InChI is InChI=1S/C13H20N2O/c1-16-13-5-3-2-4-10(13)6-7-15-12-8-11(14)9-12/h2-5,11-12,15H,6-9,14H2,1H3. The minimum Gasteiger partial charge on any atom is -0.496 e. The van der Waals surface area contributed by atoms with Crippen LogP contribution in [0.2, 0.25) is 0 Å². The molecule has 3 N–H and O–H groups in total. The third-order valence-electron chi connectivity index (χ3n) is 3.19. The molecule has 1 aliphatic carbocycles. The van der Waals surface area contributed by atoms with Crippen molar-refractivity contribution in [1.82, 2.24) is 5.32 Å². The Bertz CT molecular complexity index is 334. The van der Waals surface area contributed by atoms with E-state index >= 15 is 0 Å². The zero-order valence-electron chi connectivity index (χ0n) is 9.78. The molecule has 1 aromatic rings. The van der Waals surface area contributed by atoms with Crippen LogP contribution in [0.1, 0.15) is 18.4 Å². The Morgan fingerprint density at radius 1 is 1.38 bits per heavy atom. The Hall–Kier alpha value is -1.06. The van der Waals surface area contributed by atoms with Gasteiger partial charge in [0.25, 0.3) is 0 Å². The van der Waals surface area contributed by atoms with Crippen LogP contribution in [0.15, 0.2) is 24.3 Å². The van der Waals surface area contributed by atoms with E-state index in [0.29, 0.717) is 12.1 Å². The SMILES string of the molecule is COc1ccccc1CCNC1CC(N)C1. The van der Waals surface area contributed by atoms with Gasteiger partial charge in [-0.25, -0.2) is 0 Å². The van der Waals surface area contributed by atoms with Gasteiger partial charge < -0.3 is 15.8 Å². The summed E-state index contributed by atoms with van der Waals surface area (Å²) in [6.45, 7) is 0.998. The first kappa shape index (κ1) is 11.4. The van der Waals surface area contributed by atoms with Crippen LogP contribution in [0.4, 0.5) is 0 Å². The zero-order valence-corrected chi connectivity index (χ0v) is 9.78. The van der Waals surface area contributed by atoms with Crippen LogP contribution in [0, 0.1) is 0 Å². The third-order valence-corrected chi connectivity index (χ3v) is 3.19. The molecular weight excluding hydrogens is 200 g/mol. The van der Waals surface area contributed by atoms with Gasteiger partial charge in [-0.05, 0) is 37.4 Å². The molecule has 0 atom stereocenters. The summed E-state index contributed by atoms with van der Waals surface area (Å²) >= 11 is 0. The molecule has 0 spiro atoms. The quantitative estimate of drug-likeness (QED) is 0.786. The maximum absolute atomic E-state index is 5.74. The average Bonchev–Trinajstić information content (AvgIpc) is 2.27. The first-order valence-electron chi connectivity index (χ1n) is 5.90. The number of ether oxygens (including phenoxy) is 1. The summed E-state index contributed by atoms with van der Waals surface area (Å²) in [4.78, 5) is 0. The van der Waals surface area contributed by atoms with Crippen molar-refractivity contribution in [2.45, 2.75) is 31.3 Å². The van der Waals surface area contributed by atoms with Crippen molar-refractivity contribution in [3.63, 3.8) is 0 Å². The summed E-state index contributed by atoms with van der Waals surface area (Å²) in [5, 5.41) is 3.51. The van der Waals surface area contributed by atoms with E-state index in [4.69, 9.17) is 10.5 Å². The number of nitrogens with one attached hydrogen (secondary N) is 1. The van der Waals surface area contributed by atoms with E-state index in [1.807, 2.05) is 12.1 Å². The van der Waals surface area contributed by atoms with E-state index < -0.39 is 0 Å². The molecule has 3 nitrogen and oxygen atoms in total. The zero-order chi connectivity index (χ0) is 11.4. The van der Waals surface area contributed by atoms with E-state index in [1.54, 1.807) is 7.11 Å². The highest BCUT2D eigenvalue weighted by Gasteiger charge is 2.24. The lowest BCUT2D eigenvalue weighted by atomic mass is 9.87. The van der Waals surface area contributed by atoms with E-state index in [0.717, 1.165) is 31.6 Å². The van der Waals surface area contributed by atoms with Crippen molar-refractivity contribution >= 4 is 0 Å². The lowest BCUT2D eigenvalue weighted by Gasteiger charge is -2.33. The van der Waals surface area contributed by atoms with Crippen LogP contribution in [0.25, 0.3) is 0 Å². The van der Waals surface area contributed by atoms with Gasteiger partial charge in [-0.3, -0.25) is 0 Å². The van der Waals surface area contributed by atoms with Crippen LogP contribution in [0.3, 0.4) is 0 Å². The Kier molecular flexibility index (Phi) is 3.80. The molecule has 1 aliphatic rings. The van der Waals surface area contributed by atoms with E-state index in [9.17, 15) is 0 Å². The molecule has 1 fully saturated rings. The normalized spacial score (nSPS) is 23.9. The van der Waals surface area contributed by atoms with Gasteiger partial charge in [0.05, 0.1) is 7.11 Å². The molecule has 1 aromatic carbocycles. The van der Waals surface area contributed by atoms with Gasteiger partial charge in [-0.2, -0.15) is 0 Å². The number of hydrogen-bond acceptors (Lipinski definition) is 3. The lowest BCUT2D eigenvalue weighted by Crippen LogP contribution is -2.48. The van der Waals surface area contributed by atoms with Gasteiger partial charge in [-0.15, -0.1) is 0 Å². The number of methoxy groups -OCH3 is 1. The molecule has 3 heteroatoms. The van der Waals surface area contributed by atoms with Gasteiger partial charge >= 0.3 is 0 Å². The summed E-state index contributed by atoms with van der Waals surface area (Å²) in [7, 11) is 1.72. The third kappa shape index (κ3) is 2.74. The number of nitrogens with two attached hydrogens (primary N) is 1. The van der Waals surface area contributed by atoms with Gasteiger partial charge in [-0.1, -0.05) is 18.2 Å². The minimum absolute atomic E-state index is 0.420. The Morgan fingerprint density at radius 2 is 2.12 bits per heavy atom. The fraction of sp³-hybridized carbons (Fsp3) is 0.538. The molecule has 0 amide bonds. The van der Waals surface area contributed by atoms with E-state index in [2.05, 4.69) is 17.4 Å². The predicted molar refractivity (Wildman–Crippen MR) is 65.7 cm³/mol. The average molecular weight is 220 g/mol.